The highest BCUT2D eigenvalue weighted by Crippen LogP contribution is 2.37. The monoisotopic (exact) mass is 263 g/mol. The Morgan fingerprint density at radius 2 is 1.95 bits per heavy atom. The Balaban J connectivity index is 1.74. The van der Waals surface area contributed by atoms with Crippen LogP contribution < -0.4 is 0 Å². The summed E-state index contributed by atoms with van der Waals surface area (Å²) in [5.74, 6) is -0.116. The standard InChI is InChI=1S/C15H18FNO2/c16-12-5-3-10(4-6-12)14-2-1-7-17(14)15(19)11-8-13(18)9-11/h3-6,11,13-14,18H,1-2,7-9H2/t11?,13?,14-/m0/s1. The van der Waals surface area contributed by atoms with Crippen LogP contribution in [-0.2, 0) is 4.79 Å². The highest BCUT2D eigenvalue weighted by atomic mass is 19.1. The summed E-state index contributed by atoms with van der Waals surface area (Å²) in [5.41, 5.74) is 1.01. The van der Waals surface area contributed by atoms with E-state index < -0.39 is 0 Å². The van der Waals surface area contributed by atoms with Crippen LogP contribution in [-0.4, -0.2) is 28.6 Å². The Bertz CT molecular complexity index is 468. The molecule has 1 heterocycles. The zero-order valence-corrected chi connectivity index (χ0v) is 10.8. The zero-order chi connectivity index (χ0) is 13.4. The molecule has 4 heteroatoms. The van der Waals surface area contributed by atoms with Crippen LogP contribution in [0.1, 0.15) is 37.3 Å². The number of benzene rings is 1. The van der Waals surface area contributed by atoms with Gasteiger partial charge in [-0.15, -0.1) is 0 Å². The minimum atomic E-state index is -0.305. The van der Waals surface area contributed by atoms with E-state index in [4.69, 9.17) is 0 Å². The second kappa shape index (κ2) is 4.93. The molecule has 1 saturated carbocycles. The minimum Gasteiger partial charge on any atom is -0.393 e. The van der Waals surface area contributed by atoms with Crippen molar-refractivity contribution in [2.24, 2.45) is 5.92 Å². The summed E-state index contributed by atoms with van der Waals surface area (Å²) in [6.07, 6.45) is 2.80. The van der Waals surface area contributed by atoms with Gasteiger partial charge in [0.15, 0.2) is 0 Å². The fourth-order valence-corrected chi connectivity index (χ4v) is 3.09. The van der Waals surface area contributed by atoms with Gasteiger partial charge in [0.1, 0.15) is 5.82 Å². The smallest absolute Gasteiger partial charge is 0.226 e. The molecule has 3 rings (SSSR count). The van der Waals surface area contributed by atoms with E-state index in [2.05, 4.69) is 0 Å². The third-order valence-electron chi connectivity index (χ3n) is 4.25. The van der Waals surface area contributed by atoms with Gasteiger partial charge in [-0.1, -0.05) is 12.1 Å². The van der Waals surface area contributed by atoms with Crippen molar-refractivity contribution < 1.29 is 14.3 Å². The quantitative estimate of drug-likeness (QED) is 0.889. The topological polar surface area (TPSA) is 40.5 Å². The summed E-state index contributed by atoms with van der Waals surface area (Å²) in [4.78, 5) is 14.3. The van der Waals surface area contributed by atoms with Crippen molar-refractivity contribution >= 4 is 5.91 Å². The lowest BCUT2D eigenvalue weighted by molar-refractivity contribution is -0.143. The number of hydrogen-bond acceptors (Lipinski definition) is 2. The molecule has 2 fully saturated rings. The molecule has 1 N–H and O–H groups in total. The van der Waals surface area contributed by atoms with E-state index in [1.165, 1.54) is 12.1 Å². The van der Waals surface area contributed by atoms with Crippen molar-refractivity contribution in [3.05, 3.63) is 35.6 Å². The number of hydrogen-bond donors (Lipinski definition) is 1. The van der Waals surface area contributed by atoms with Crippen molar-refractivity contribution in [2.75, 3.05) is 6.54 Å². The molecule has 1 aliphatic heterocycles. The predicted molar refractivity (Wildman–Crippen MR) is 68.8 cm³/mol. The Labute approximate surface area is 112 Å². The van der Waals surface area contributed by atoms with Crippen molar-refractivity contribution in [3.8, 4) is 0 Å². The summed E-state index contributed by atoms with van der Waals surface area (Å²) < 4.78 is 13.0. The average Bonchev–Trinajstić information content (AvgIpc) is 2.84. The maximum Gasteiger partial charge on any atom is 0.226 e. The first-order valence-electron chi connectivity index (χ1n) is 6.89. The van der Waals surface area contributed by atoms with Crippen LogP contribution in [0.25, 0.3) is 0 Å². The zero-order valence-electron chi connectivity index (χ0n) is 10.8. The molecule has 1 saturated heterocycles. The molecule has 1 aliphatic carbocycles. The van der Waals surface area contributed by atoms with Gasteiger partial charge in [-0.25, -0.2) is 4.39 Å². The van der Waals surface area contributed by atoms with Gasteiger partial charge in [0.05, 0.1) is 12.1 Å². The maximum atomic E-state index is 13.0. The Hall–Kier alpha value is -1.42. The van der Waals surface area contributed by atoms with Crippen LogP contribution in [0.3, 0.4) is 0 Å². The molecule has 0 unspecified atom stereocenters. The van der Waals surface area contributed by atoms with Gasteiger partial charge in [-0.3, -0.25) is 4.79 Å². The fourth-order valence-electron chi connectivity index (χ4n) is 3.09. The normalized spacial score (nSPS) is 30.2. The van der Waals surface area contributed by atoms with Crippen LogP contribution in [0.15, 0.2) is 24.3 Å². The van der Waals surface area contributed by atoms with Crippen LogP contribution in [0.4, 0.5) is 4.39 Å². The molecule has 1 atom stereocenters. The SMILES string of the molecule is O=C(C1CC(O)C1)N1CCC[C@H]1c1ccc(F)cc1. The predicted octanol–water partition coefficient (Wildman–Crippen LogP) is 2.26. The second-order valence-corrected chi connectivity index (χ2v) is 5.56. The van der Waals surface area contributed by atoms with Gasteiger partial charge < -0.3 is 10.0 Å². The average molecular weight is 263 g/mol. The molecular formula is C15H18FNO2. The summed E-state index contributed by atoms with van der Waals surface area (Å²) in [6, 6.07) is 6.50. The summed E-state index contributed by atoms with van der Waals surface area (Å²) in [5, 5.41) is 9.31. The Morgan fingerprint density at radius 3 is 2.58 bits per heavy atom. The third-order valence-corrected chi connectivity index (χ3v) is 4.25. The number of aliphatic hydroxyl groups is 1. The molecule has 0 aromatic heterocycles. The van der Waals surface area contributed by atoms with Crippen molar-refractivity contribution in [2.45, 2.75) is 37.8 Å². The van der Waals surface area contributed by atoms with Crippen molar-refractivity contribution in [1.82, 2.24) is 4.90 Å². The highest BCUT2D eigenvalue weighted by molar-refractivity contribution is 5.80. The number of carbonyl (C=O) groups excluding carboxylic acids is 1. The number of aliphatic hydroxyl groups excluding tert-OH is 1. The number of likely N-dealkylation sites (tertiary alicyclic amines) is 1. The lowest BCUT2D eigenvalue weighted by Crippen LogP contribution is -2.43. The molecule has 0 spiro atoms. The molecule has 0 radical (unpaired) electrons. The maximum absolute atomic E-state index is 13.0. The molecule has 3 nitrogen and oxygen atoms in total. The lowest BCUT2D eigenvalue weighted by Gasteiger charge is -2.35. The van der Waals surface area contributed by atoms with Crippen LogP contribution in [0.5, 0.6) is 0 Å². The molecule has 0 bridgehead atoms. The van der Waals surface area contributed by atoms with E-state index in [1.807, 2.05) is 4.90 Å². The van der Waals surface area contributed by atoms with E-state index >= 15 is 0 Å². The van der Waals surface area contributed by atoms with Gasteiger partial charge in [0.2, 0.25) is 5.91 Å². The first-order valence-corrected chi connectivity index (χ1v) is 6.89. The van der Waals surface area contributed by atoms with Gasteiger partial charge in [-0.2, -0.15) is 0 Å². The highest BCUT2D eigenvalue weighted by Gasteiger charge is 2.39. The lowest BCUT2D eigenvalue weighted by atomic mass is 9.81. The minimum absolute atomic E-state index is 0.0175. The fraction of sp³-hybridized carbons (Fsp3) is 0.533. The van der Waals surface area contributed by atoms with E-state index in [0.717, 1.165) is 24.9 Å². The van der Waals surface area contributed by atoms with Crippen LogP contribution in [0.2, 0.25) is 0 Å². The third kappa shape index (κ3) is 2.37. The Kier molecular flexibility index (Phi) is 3.27. The number of amides is 1. The van der Waals surface area contributed by atoms with E-state index in [9.17, 15) is 14.3 Å². The molecule has 1 amide bonds. The van der Waals surface area contributed by atoms with Gasteiger partial charge in [0.25, 0.3) is 0 Å². The second-order valence-electron chi connectivity index (χ2n) is 5.56. The summed E-state index contributed by atoms with van der Waals surface area (Å²) in [7, 11) is 0. The van der Waals surface area contributed by atoms with E-state index in [0.29, 0.717) is 12.8 Å². The van der Waals surface area contributed by atoms with Gasteiger partial charge >= 0.3 is 0 Å². The number of nitrogens with zero attached hydrogens (tertiary/aromatic N) is 1. The first kappa shape index (κ1) is 12.6. The first-order chi connectivity index (χ1) is 9.15. The van der Waals surface area contributed by atoms with Gasteiger partial charge in [0, 0.05) is 12.5 Å². The van der Waals surface area contributed by atoms with E-state index in [1.54, 1.807) is 12.1 Å². The summed E-state index contributed by atoms with van der Waals surface area (Å²) >= 11 is 0. The molecule has 1 aromatic carbocycles. The number of halogens is 1. The van der Waals surface area contributed by atoms with Crippen molar-refractivity contribution in [1.29, 1.82) is 0 Å². The molecular weight excluding hydrogens is 245 g/mol. The molecule has 19 heavy (non-hydrogen) atoms. The molecule has 102 valence electrons. The summed E-state index contributed by atoms with van der Waals surface area (Å²) in [6.45, 7) is 0.771. The largest absolute Gasteiger partial charge is 0.393 e. The Morgan fingerprint density at radius 1 is 1.26 bits per heavy atom. The number of carbonyl (C=O) groups is 1. The van der Waals surface area contributed by atoms with Gasteiger partial charge in [-0.05, 0) is 43.4 Å². The molecule has 2 aliphatic rings. The number of rotatable bonds is 2. The van der Waals surface area contributed by atoms with E-state index in [-0.39, 0.29) is 29.8 Å². The van der Waals surface area contributed by atoms with Crippen LogP contribution in [0, 0.1) is 11.7 Å². The van der Waals surface area contributed by atoms with Crippen LogP contribution >= 0.6 is 0 Å². The van der Waals surface area contributed by atoms with Crippen molar-refractivity contribution in [3.63, 3.8) is 0 Å². The molecule has 1 aromatic rings.